The van der Waals surface area contributed by atoms with E-state index in [1.165, 1.54) is 89.5 Å². The molecule has 22 unspecified atom stereocenters. The maximum absolute atomic E-state index is 19.7. The Morgan fingerprint density at radius 2 is 0.860 bits per heavy atom. The van der Waals surface area contributed by atoms with Gasteiger partial charge in [0.1, 0.15) is 19.0 Å². The summed E-state index contributed by atoms with van der Waals surface area (Å²) in [5, 5.41) is 7.80. The van der Waals surface area contributed by atoms with Gasteiger partial charge >= 0.3 is 0 Å². The largest absolute Gasteiger partial charge is 0.484 e. The van der Waals surface area contributed by atoms with Crippen LogP contribution < -0.4 is 9.64 Å². The van der Waals surface area contributed by atoms with Crippen molar-refractivity contribution in [2.24, 2.45) is 11.8 Å². The van der Waals surface area contributed by atoms with Crippen molar-refractivity contribution in [3.05, 3.63) is 169 Å². The van der Waals surface area contributed by atoms with Crippen molar-refractivity contribution in [2.45, 2.75) is 193 Å². The predicted molar refractivity (Wildman–Crippen MR) is 344 cm³/mol. The highest BCUT2D eigenvalue weighted by Crippen LogP contribution is 2.81. The number of fused-ring (bicyclic) bond motifs is 18. The Balaban J connectivity index is 0.876. The zero-order valence-corrected chi connectivity index (χ0v) is 50.2. The maximum atomic E-state index is 19.7. The van der Waals surface area contributed by atoms with Crippen molar-refractivity contribution in [1.82, 2.24) is 23.5 Å². The summed E-state index contributed by atoms with van der Waals surface area (Å²) in [6, 6.07) is 62.5. The van der Waals surface area contributed by atoms with Crippen molar-refractivity contribution in [1.29, 1.82) is 0 Å². The molecule has 10 fully saturated rings. The monoisotopic (exact) mass is 1150 g/mol. The van der Waals surface area contributed by atoms with Gasteiger partial charge in [0.2, 0.25) is 0 Å². The van der Waals surface area contributed by atoms with Crippen molar-refractivity contribution in [3.8, 4) is 5.75 Å². The summed E-state index contributed by atoms with van der Waals surface area (Å²) in [6.45, 7) is 7.19. The van der Waals surface area contributed by atoms with Crippen LogP contribution in [-0.4, -0.2) is 119 Å². The van der Waals surface area contributed by atoms with Crippen LogP contribution >= 0.6 is 7.14 Å². The fourth-order valence-electron chi connectivity index (χ4n) is 22.7. The molecule has 7 aromatic carbocycles. The Bertz CT molecular complexity index is 4390. The van der Waals surface area contributed by atoms with Gasteiger partial charge in [-0.05, 0) is 131 Å². The molecule has 86 heavy (non-hydrogen) atoms. The molecule has 0 spiro atoms. The van der Waals surface area contributed by atoms with E-state index < -0.39 is 7.14 Å². The molecule has 5 saturated carbocycles. The highest BCUT2D eigenvalue weighted by Gasteiger charge is 2.82. The molecule has 0 amide bonds. The number of hydrogen-bond donors (Lipinski definition) is 0. The summed E-state index contributed by atoms with van der Waals surface area (Å²) >= 11 is 0. The Labute approximate surface area is 502 Å². The topological polar surface area (TPSA) is 69.3 Å². The number of nitrogens with zero attached hydrogens (tertiary/aromatic N) is 6. The molecule has 0 N–H and O–H groups in total. The Kier molecular flexibility index (Phi) is 10.1. The Hall–Kier alpha value is -6.39. The van der Waals surface area contributed by atoms with E-state index in [0.29, 0.717) is 11.8 Å². The van der Waals surface area contributed by atoms with Gasteiger partial charge in [0.05, 0.1) is 53.9 Å². The lowest BCUT2D eigenvalue weighted by Crippen LogP contribution is -2.90. The first-order valence-corrected chi connectivity index (χ1v) is 35.1. The summed E-state index contributed by atoms with van der Waals surface area (Å²) in [4.78, 5) is 9.35. The van der Waals surface area contributed by atoms with E-state index in [4.69, 9.17) is 14.2 Å². The van der Waals surface area contributed by atoms with E-state index in [2.05, 4.69) is 213 Å². The van der Waals surface area contributed by atoms with Crippen LogP contribution in [0.25, 0.3) is 65.4 Å². The van der Waals surface area contributed by atoms with Crippen molar-refractivity contribution in [3.63, 3.8) is 0 Å². The molecule has 21 rings (SSSR count). The second-order valence-corrected chi connectivity index (χ2v) is 32.5. The molecular formula is C75H75N6O4P. The van der Waals surface area contributed by atoms with Gasteiger partial charge in [0.15, 0.2) is 0 Å². The molecule has 6 aliphatic heterocycles. The smallest absolute Gasteiger partial charge is 0.143 e. The highest BCUT2D eigenvalue weighted by molar-refractivity contribution is 7.66. The second kappa shape index (κ2) is 17.5. The Morgan fingerprint density at radius 1 is 0.407 bits per heavy atom. The van der Waals surface area contributed by atoms with Crippen LogP contribution in [0, 0.1) is 18.8 Å². The van der Waals surface area contributed by atoms with Gasteiger partial charge in [0.25, 0.3) is 0 Å². The van der Waals surface area contributed by atoms with E-state index in [1.54, 1.807) is 0 Å². The van der Waals surface area contributed by atoms with Crippen LogP contribution in [0.2, 0.25) is 0 Å². The molecule has 0 bridgehead atoms. The summed E-state index contributed by atoms with van der Waals surface area (Å²) in [5.41, 5.74) is 9.83. The molecule has 22 atom stereocenters. The molecule has 10 nitrogen and oxygen atoms in total. The first-order valence-electron chi connectivity index (χ1n) is 33.2. The molecule has 11 heteroatoms. The fraction of sp³-hybridized carbons (Fsp3) is 0.440. The molecule has 5 aliphatic carbocycles. The van der Waals surface area contributed by atoms with Gasteiger partial charge in [-0.15, -0.1) is 0 Å². The predicted octanol–water partition coefficient (Wildman–Crippen LogP) is 15.1. The van der Waals surface area contributed by atoms with E-state index >= 15 is 4.57 Å². The molecule has 434 valence electrons. The van der Waals surface area contributed by atoms with E-state index in [9.17, 15) is 0 Å². The van der Waals surface area contributed by atoms with Crippen molar-refractivity contribution in [2.75, 3.05) is 4.90 Å². The van der Waals surface area contributed by atoms with Crippen LogP contribution in [-0.2, 0) is 14.0 Å². The number of para-hydroxylation sites is 6. The summed E-state index contributed by atoms with van der Waals surface area (Å²) < 4.78 is 52.6. The van der Waals surface area contributed by atoms with Gasteiger partial charge < -0.3 is 37.4 Å². The van der Waals surface area contributed by atoms with E-state index in [-0.39, 0.29) is 114 Å². The lowest BCUT2D eigenvalue weighted by atomic mass is 9.67. The summed E-state index contributed by atoms with van der Waals surface area (Å²) in [5.74, 6) is 2.11. The zero-order chi connectivity index (χ0) is 56.3. The molecule has 3 aromatic heterocycles. The van der Waals surface area contributed by atoms with Crippen molar-refractivity contribution < 1.29 is 18.8 Å². The average molecular weight is 1160 g/mol. The molecule has 11 aliphatic rings. The molecule has 10 aromatic rings. The lowest BCUT2D eigenvalue weighted by Gasteiger charge is -2.79. The van der Waals surface area contributed by atoms with Crippen LogP contribution in [0.3, 0.4) is 0 Å². The lowest BCUT2D eigenvalue weighted by molar-refractivity contribution is -0.277. The first-order chi connectivity index (χ1) is 42.3. The summed E-state index contributed by atoms with van der Waals surface area (Å²) in [7, 11) is -3.36. The Morgan fingerprint density at radius 3 is 1.37 bits per heavy atom. The zero-order valence-electron chi connectivity index (χ0n) is 49.3. The SMILES string of the molecule is Cc1ccc2c(c1)OC1C3C4C(CC1n1c5ccccc5c5ccccc51)N1C5CCC(C)CC5OC5C1C1C6C(OC7CC(C)CCC7N6C6CC(n7c8ccccc8c8ccccc87)CC(C6P41=O)N23)C5n1c2ccccc2c2ccccc21. The van der Waals surface area contributed by atoms with Crippen LogP contribution in [0.5, 0.6) is 5.75 Å². The number of hydrogen-bond acceptors (Lipinski definition) is 7. The quantitative estimate of drug-likeness (QED) is 0.163. The van der Waals surface area contributed by atoms with Crippen molar-refractivity contribution >= 4 is 78.2 Å². The number of aryl methyl sites for hydroxylation is 1. The number of rotatable bonds is 3. The minimum absolute atomic E-state index is 0.00720. The third kappa shape index (κ3) is 6.13. The van der Waals surface area contributed by atoms with Gasteiger partial charge in [-0.2, -0.15) is 0 Å². The molecule has 5 saturated heterocycles. The van der Waals surface area contributed by atoms with E-state index in [1.807, 2.05) is 0 Å². The maximum Gasteiger partial charge on any atom is 0.143 e. The average Bonchev–Trinajstić information content (AvgIpc) is 0.720. The third-order valence-electron chi connectivity index (χ3n) is 25.3. The van der Waals surface area contributed by atoms with Gasteiger partial charge in [-0.25, -0.2) is 0 Å². The van der Waals surface area contributed by atoms with Gasteiger partial charge in [-0.3, -0.25) is 9.80 Å². The second-order valence-electron chi connectivity index (χ2n) is 29.1. The third-order valence-corrected chi connectivity index (χ3v) is 30.1. The van der Waals surface area contributed by atoms with Crippen LogP contribution in [0.1, 0.15) is 95.3 Å². The van der Waals surface area contributed by atoms with Crippen LogP contribution in [0.15, 0.2) is 164 Å². The molecular weight excluding hydrogens is 1080 g/mol. The van der Waals surface area contributed by atoms with Crippen LogP contribution in [0.4, 0.5) is 5.69 Å². The number of anilines is 1. The number of morpholine rings is 2. The number of ether oxygens (including phenoxy) is 3. The van der Waals surface area contributed by atoms with Gasteiger partial charge in [-0.1, -0.05) is 129 Å². The normalized spacial score (nSPS) is 39.9. The van der Waals surface area contributed by atoms with E-state index in [0.717, 1.165) is 50.7 Å². The first kappa shape index (κ1) is 49.6. The molecule has 9 heterocycles. The highest BCUT2D eigenvalue weighted by atomic mass is 31.2. The minimum atomic E-state index is -3.36. The number of benzene rings is 7. The standard InChI is InChI=1S/C75H75N6O4P/c1-40-28-31-56-63(34-40)83-70-59(77-52-24-12-6-18-46(52)47-19-7-13-25-53(47)77)39-62-74-67(70)79(56)60-37-43(76-50-22-10-4-16-44(50)45-17-5-11-23-51(45)76)38-61-73(60)86(74,82)75-68-71(84-64-35-41(2)29-32-57(64)80(61)68)66(72-69(75)81(62)58-33-30-42(3)36-65(58)85-72)78-54-26-14-8-20-48(54)49-21-9-15-27-55(49)78/h4-28,31,34,41-43,57-62,64-75H,29-30,32-33,35-39H2,1-3H3. The fourth-order valence-corrected chi connectivity index (χ4v) is 28.7. The minimum Gasteiger partial charge on any atom is -0.484 e. The summed E-state index contributed by atoms with van der Waals surface area (Å²) in [6.07, 6.45) is 8.76. The van der Waals surface area contributed by atoms with Gasteiger partial charge in [0, 0.05) is 125 Å². The number of aromatic nitrogens is 3. The molecule has 0 radical (unpaired) electrons.